The molecule has 0 unspecified atom stereocenters. The molecule has 0 amide bonds. The zero-order chi connectivity index (χ0) is 6.24. The molecule has 3 N–H and O–H groups in total. The number of nitrogens with zero attached hydrogens (tertiary/aromatic N) is 6. The van der Waals surface area contributed by atoms with Crippen LogP contribution in [-0.4, -0.2) is 0 Å². The van der Waals surface area contributed by atoms with Crippen molar-refractivity contribution in [3.05, 3.63) is 0 Å². The fourth-order valence-corrected chi connectivity index (χ4v) is 0.0789. The standard InChI is InChI=1S/H2N8/c1-3-5-7-8-6-4-2/h1-2H/p+1. The van der Waals surface area contributed by atoms with E-state index in [1.807, 2.05) is 0 Å². The Labute approximate surface area is 43.7 Å². The van der Waals surface area contributed by atoms with Gasteiger partial charge in [0.25, 0.3) is 0 Å². The van der Waals surface area contributed by atoms with E-state index in [9.17, 15) is 0 Å². The Morgan fingerprint density at radius 1 is 1.00 bits per heavy atom. The summed E-state index contributed by atoms with van der Waals surface area (Å²) in [5.41, 5.74) is 10.5. The number of hydrogen-bond acceptors (Lipinski definition) is 1. The van der Waals surface area contributed by atoms with Crippen molar-refractivity contribution >= 4 is 0 Å². The monoisotopic (exact) mass is 115 g/mol. The van der Waals surface area contributed by atoms with Gasteiger partial charge in [0.05, 0.1) is 0 Å². The van der Waals surface area contributed by atoms with Gasteiger partial charge in [0.2, 0.25) is 5.22 Å². The van der Waals surface area contributed by atoms with Crippen LogP contribution in [-0.2, 0) is 0 Å². The summed E-state index contributed by atoms with van der Waals surface area (Å²) in [6, 6.07) is 0. The van der Waals surface area contributed by atoms with Crippen LogP contribution in [0.2, 0.25) is 0 Å². The van der Waals surface area contributed by atoms with E-state index in [0.717, 1.165) is 0 Å². The molecule has 8 heteroatoms. The van der Waals surface area contributed by atoms with Gasteiger partial charge in [0.1, 0.15) is 5.22 Å². The van der Waals surface area contributed by atoms with Crippen LogP contribution in [0.25, 0.3) is 0 Å². The minimum atomic E-state index is 2.48. The molecule has 0 saturated carbocycles. The van der Waals surface area contributed by atoms with Crippen molar-refractivity contribution in [3.8, 4) is 0 Å². The van der Waals surface area contributed by atoms with Crippen molar-refractivity contribution < 1.29 is 5.53 Å². The molecule has 0 aliphatic rings. The van der Waals surface area contributed by atoms with E-state index in [1.165, 1.54) is 0 Å². The lowest BCUT2D eigenvalue weighted by Gasteiger charge is -1.55. The van der Waals surface area contributed by atoms with Gasteiger partial charge < -0.3 is 0 Å². The van der Waals surface area contributed by atoms with Crippen molar-refractivity contribution in [2.24, 2.45) is 31.3 Å². The Morgan fingerprint density at radius 3 is 2.12 bits per heavy atom. The largest absolute Gasteiger partial charge is 0.225 e. The van der Waals surface area contributed by atoms with E-state index < -0.39 is 0 Å². The summed E-state index contributed by atoms with van der Waals surface area (Å²) in [6.45, 7) is 0. The van der Waals surface area contributed by atoms with Gasteiger partial charge in [0, 0.05) is 5.22 Å². The molecule has 0 saturated heterocycles. The summed E-state index contributed by atoms with van der Waals surface area (Å²) < 4.78 is 0. The summed E-state index contributed by atoms with van der Waals surface area (Å²) in [4.78, 5) is 0. The normalized spacial score (nSPS) is 10.5. The van der Waals surface area contributed by atoms with E-state index >= 15 is 0 Å². The van der Waals surface area contributed by atoms with Gasteiger partial charge in [-0.3, -0.25) is 0 Å². The zero-order valence-electron chi connectivity index (χ0n) is 3.76. The molecule has 8 heavy (non-hydrogen) atoms. The molecular weight excluding hydrogens is 112 g/mol. The highest BCUT2D eigenvalue weighted by Gasteiger charge is 1.70. The van der Waals surface area contributed by atoms with Crippen molar-refractivity contribution in [2.45, 2.75) is 0 Å². The lowest BCUT2D eigenvalue weighted by atomic mass is 12.4. The lowest BCUT2D eigenvalue weighted by molar-refractivity contribution is -0.223. The second-order valence-corrected chi connectivity index (χ2v) is 0.573. The average molecular weight is 115 g/mol. The fourth-order valence-electron chi connectivity index (χ4n) is 0.0789. The average Bonchev–Trinajstić information content (AvgIpc) is 1.81. The zero-order valence-corrected chi connectivity index (χ0v) is 3.76. The molecule has 0 bridgehead atoms. The van der Waals surface area contributed by atoms with Crippen LogP contribution in [0.3, 0.4) is 0 Å². The predicted octanol–water partition coefficient (Wildman–Crippen LogP) is -0.122. The van der Waals surface area contributed by atoms with Gasteiger partial charge >= 0.3 is 0 Å². The maximum Gasteiger partial charge on any atom is 0.225 e. The van der Waals surface area contributed by atoms with Crippen LogP contribution in [0.1, 0.15) is 0 Å². The summed E-state index contributed by atoms with van der Waals surface area (Å²) in [7, 11) is 0. The Balaban J connectivity index is 3.41. The molecule has 0 heterocycles. The van der Waals surface area contributed by atoms with Gasteiger partial charge in [-0.05, 0) is 10.4 Å². The molecule has 0 aromatic carbocycles. The molecule has 8 nitrogen and oxygen atoms in total. The van der Waals surface area contributed by atoms with Crippen molar-refractivity contribution in [1.82, 2.24) is 0 Å². The minimum Gasteiger partial charge on any atom is -0.190 e. The summed E-state index contributed by atoms with van der Waals surface area (Å²) in [6.07, 6.45) is 0. The third kappa shape index (κ3) is 4.40. The molecule has 0 aliphatic heterocycles. The van der Waals surface area contributed by atoms with Crippen molar-refractivity contribution in [1.29, 1.82) is 5.53 Å². The van der Waals surface area contributed by atoms with Gasteiger partial charge in [-0.15, -0.1) is 0 Å². The van der Waals surface area contributed by atoms with E-state index in [-0.39, 0.29) is 0 Å². The second-order valence-electron chi connectivity index (χ2n) is 0.573. The summed E-state index contributed by atoms with van der Waals surface area (Å²) in [5, 5.41) is 16.5. The highest BCUT2D eigenvalue weighted by molar-refractivity contribution is 4.01. The summed E-state index contributed by atoms with van der Waals surface area (Å²) >= 11 is 0. The van der Waals surface area contributed by atoms with E-state index in [0.29, 0.717) is 0 Å². The third-order valence-electron chi connectivity index (χ3n) is 0.216. The number of nitrogens with two attached hydrogens (primary N) is 1. The third-order valence-corrected chi connectivity index (χ3v) is 0.216. The Hall–Kier alpha value is -1.60. The molecule has 0 rings (SSSR count). The molecule has 42 valence electrons. The predicted molar refractivity (Wildman–Crippen MR) is 19.2 cm³/mol. The van der Waals surface area contributed by atoms with E-state index in [1.54, 1.807) is 0 Å². The Morgan fingerprint density at radius 2 is 1.62 bits per heavy atom. The smallest absolute Gasteiger partial charge is 0.190 e. The molecule has 0 spiro atoms. The van der Waals surface area contributed by atoms with Crippen LogP contribution >= 0.6 is 0 Å². The lowest BCUT2D eigenvalue weighted by Crippen LogP contribution is -2.21. The first-order valence-corrected chi connectivity index (χ1v) is 1.48. The van der Waals surface area contributed by atoms with E-state index in [4.69, 9.17) is 5.53 Å². The Kier molecular flexibility index (Phi) is 4.32. The molecular formula is H3N8+. The molecule has 0 radical (unpaired) electrons. The van der Waals surface area contributed by atoms with Crippen LogP contribution in [0.4, 0.5) is 0 Å². The minimum absolute atomic E-state index is 2.48. The molecule has 0 aromatic rings. The Bertz CT molecular complexity index is 100. The first-order chi connectivity index (χ1) is 3.91. The fraction of sp³-hybridized carbons (Fsp3) is 0. The number of rotatable bonds is 3. The molecule has 0 aliphatic carbocycles. The van der Waals surface area contributed by atoms with Gasteiger partial charge in [-0.25, -0.2) is 0 Å². The van der Waals surface area contributed by atoms with Gasteiger partial charge in [-0.2, -0.15) is 11.1 Å². The second kappa shape index (κ2) is 5.40. The van der Waals surface area contributed by atoms with Gasteiger partial charge in [-0.1, -0.05) is 0 Å². The number of hydrogen-bond donors (Lipinski definition) is 2. The summed E-state index contributed by atoms with van der Waals surface area (Å²) in [5.74, 6) is 0. The maximum absolute atomic E-state index is 6.04. The quantitative estimate of drug-likeness (QED) is 0.376. The topological polar surface area (TPSA) is 124 Å². The van der Waals surface area contributed by atoms with Crippen LogP contribution in [0, 0.1) is 5.53 Å². The van der Waals surface area contributed by atoms with Crippen LogP contribution < -0.4 is 5.53 Å². The maximum atomic E-state index is 6.04. The molecule has 0 atom stereocenters. The van der Waals surface area contributed by atoms with Crippen molar-refractivity contribution in [3.63, 3.8) is 0 Å². The van der Waals surface area contributed by atoms with Crippen LogP contribution in [0.15, 0.2) is 31.3 Å². The van der Waals surface area contributed by atoms with Crippen LogP contribution in [0.5, 0.6) is 0 Å². The SMILES string of the molecule is N=NN=NN=NN=[NH2+]. The number of nitrogens with one attached hydrogen (secondary N) is 1. The first kappa shape index (κ1) is 6.40. The van der Waals surface area contributed by atoms with Crippen molar-refractivity contribution in [2.75, 3.05) is 0 Å². The highest BCUT2D eigenvalue weighted by atomic mass is 15.6. The van der Waals surface area contributed by atoms with Gasteiger partial charge in [0.15, 0.2) is 5.22 Å². The molecule has 0 fully saturated rings. The molecule has 0 aromatic heterocycles. The highest BCUT2D eigenvalue weighted by Crippen LogP contribution is 1.77. The van der Waals surface area contributed by atoms with E-state index in [2.05, 4.69) is 36.9 Å². The first-order valence-electron chi connectivity index (χ1n) is 1.48.